The van der Waals surface area contributed by atoms with Gasteiger partial charge >= 0.3 is 17.1 Å². The molecule has 0 aliphatic carbocycles. The van der Waals surface area contributed by atoms with Gasteiger partial charge in [-0.1, -0.05) is 107 Å². The Balaban J connectivity index is 0.000000842. The average Bonchev–Trinajstić information content (AvgIpc) is 2.78. The van der Waals surface area contributed by atoms with Crippen LogP contribution in [0, 0.1) is 0 Å². The van der Waals surface area contributed by atoms with Gasteiger partial charge in [-0.25, -0.2) is 0 Å². The Morgan fingerprint density at radius 1 is 0.556 bits per heavy atom. The molecule has 0 spiro atoms. The fourth-order valence-corrected chi connectivity index (χ4v) is 7.02. The van der Waals surface area contributed by atoms with E-state index in [1.807, 2.05) is 83.1 Å². The summed E-state index contributed by atoms with van der Waals surface area (Å²) in [6.07, 6.45) is -0.319. The van der Waals surface area contributed by atoms with Crippen LogP contribution in [0.4, 0.5) is 0 Å². The van der Waals surface area contributed by atoms with E-state index in [1.165, 1.54) is 0 Å². The fraction of sp³-hybridized carbons (Fsp3) is 0.647. The molecule has 0 bridgehead atoms. The zero-order valence-electron chi connectivity index (χ0n) is 29.7. The molecule has 8 nitrogen and oxygen atoms in total. The van der Waals surface area contributed by atoms with Gasteiger partial charge in [0.2, 0.25) is 0 Å². The zero-order chi connectivity index (χ0) is 34.7. The number of rotatable bonds is 8. The fourth-order valence-electron chi connectivity index (χ4n) is 4.79. The average molecular weight is 718 g/mol. The Labute approximate surface area is 282 Å². The predicted octanol–water partition coefficient (Wildman–Crippen LogP) is 8.15. The topological polar surface area (TPSA) is 139 Å². The maximum atomic E-state index is 11.9. The first-order valence-electron chi connectivity index (χ1n) is 15.2. The summed E-state index contributed by atoms with van der Waals surface area (Å²) < 4.78 is 33.6. The van der Waals surface area contributed by atoms with Crippen molar-refractivity contribution >= 4 is 15.2 Å². The zero-order valence-corrected chi connectivity index (χ0v) is 32.4. The molecule has 261 valence electrons. The second-order valence-electron chi connectivity index (χ2n) is 15.5. The Kier molecular flexibility index (Phi) is 15.4. The molecule has 0 amide bonds. The summed E-state index contributed by atoms with van der Waals surface area (Å²) in [5, 5.41) is 21.2. The van der Waals surface area contributed by atoms with Crippen molar-refractivity contribution in [1.82, 2.24) is 0 Å². The van der Waals surface area contributed by atoms with E-state index in [2.05, 4.69) is 0 Å². The minimum atomic E-state index is -3.91. The minimum Gasteiger partial charge on any atom is -0.778 e. The van der Waals surface area contributed by atoms with Crippen molar-refractivity contribution in [3.8, 4) is 11.5 Å². The van der Waals surface area contributed by atoms with Crippen LogP contribution in [0.2, 0.25) is 0 Å². The van der Waals surface area contributed by atoms with Gasteiger partial charge in [-0.2, -0.15) is 0 Å². The van der Waals surface area contributed by atoms with E-state index in [0.717, 1.165) is 22.3 Å². The van der Waals surface area contributed by atoms with Gasteiger partial charge in [-0.05, 0) is 68.9 Å². The Morgan fingerprint density at radius 3 is 0.911 bits per heavy atom. The first-order valence-corrected chi connectivity index (χ1v) is 18.6. The van der Waals surface area contributed by atoms with E-state index >= 15 is 0 Å². The molecule has 0 heterocycles. The first-order chi connectivity index (χ1) is 19.6. The molecular weight excluding hydrogens is 662 g/mol. The van der Waals surface area contributed by atoms with Crippen LogP contribution in [0.25, 0.3) is 0 Å². The van der Waals surface area contributed by atoms with E-state index in [1.54, 1.807) is 38.1 Å². The van der Waals surface area contributed by atoms with Crippen LogP contribution < -0.4 is 9.79 Å². The molecule has 2 aromatic rings. The molecule has 2 rings (SSSR count). The molecule has 0 aromatic heterocycles. The number of aromatic hydroxyl groups is 2. The van der Waals surface area contributed by atoms with E-state index in [0.29, 0.717) is 11.1 Å². The van der Waals surface area contributed by atoms with Gasteiger partial charge in [0.15, 0.2) is 0 Å². The standard InChI is InChI=1S/2C17H29O4P.Cu/c2*1-8-21-22(19,20)11-12-9-13(16(2,3)4)15(18)14(10-12)17(5,6)7;/h2*9-10,18H,8,11H2,1-7H3,(H,19,20);/q;;+2/p-2. The summed E-state index contributed by atoms with van der Waals surface area (Å²) in [5.74, 6) is 0.502. The van der Waals surface area contributed by atoms with Crippen molar-refractivity contribution in [2.75, 3.05) is 13.2 Å². The maximum absolute atomic E-state index is 11.9. The van der Waals surface area contributed by atoms with E-state index in [9.17, 15) is 29.1 Å². The molecule has 2 aromatic carbocycles. The number of hydrogen-bond donors (Lipinski definition) is 2. The van der Waals surface area contributed by atoms with Gasteiger partial charge in [0.25, 0.3) is 0 Å². The quantitative estimate of drug-likeness (QED) is 0.206. The monoisotopic (exact) mass is 717 g/mol. The van der Waals surface area contributed by atoms with Gasteiger partial charge in [-0.3, -0.25) is 0 Å². The molecule has 0 fully saturated rings. The van der Waals surface area contributed by atoms with Crippen molar-refractivity contribution in [2.45, 2.75) is 131 Å². The largest absolute Gasteiger partial charge is 2.00 e. The maximum Gasteiger partial charge on any atom is 2.00 e. The third-order valence-electron chi connectivity index (χ3n) is 6.98. The Hall–Kier alpha value is -1.14. The van der Waals surface area contributed by atoms with Gasteiger partial charge < -0.3 is 38.2 Å². The summed E-state index contributed by atoms with van der Waals surface area (Å²) in [6.45, 7) is 27.6. The van der Waals surface area contributed by atoms with Crippen LogP contribution in [0.1, 0.15) is 130 Å². The van der Waals surface area contributed by atoms with Crippen LogP contribution in [0.5, 0.6) is 11.5 Å². The molecule has 1 radical (unpaired) electrons. The molecule has 45 heavy (non-hydrogen) atoms. The second-order valence-corrected chi connectivity index (χ2v) is 19.0. The van der Waals surface area contributed by atoms with Crippen molar-refractivity contribution < 1.29 is 55.2 Å². The third-order valence-corrected chi connectivity index (χ3v) is 9.78. The summed E-state index contributed by atoms with van der Waals surface area (Å²) >= 11 is 0. The summed E-state index contributed by atoms with van der Waals surface area (Å²) in [5.41, 5.74) is 3.21. The second kappa shape index (κ2) is 15.8. The Morgan fingerprint density at radius 2 is 0.756 bits per heavy atom. The first kappa shape index (κ1) is 43.9. The van der Waals surface area contributed by atoms with Gasteiger partial charge in [-0.15, -0.1) is 0 Å². The van der Waals surface area contributed by atoms with Crippen LogP contribution in [0.15, 0.2) is 24.3 Å². The van der Waals surface area contributed by atoms with Crippen LogP contribution in [0.3, 0.4) is 0 Å². The van der Waals surface area contributed by atoms with Crippen LogP contribution in [-0.4, -0.2) is 23.4 Å². The predicted molar refractivity (Wildman–Crippen MR) is 177 cm³/mol. The molecule has 2 unspecified atom stereocenters. The Bertz CT molecular complexity index is 1200. The summed E-state index contributed by atoms with van der Waals surface area (Å²) in [4.78, 5) is 23.9. The van der Waals surface area contributed by atoms with E-state index in [4.69, 9.17) is 9.05 Å². The number of hydrogen-bond acceptors (Lipinski definition) is 8. The minimum absolute atomic E-state index is 0. The smallest absolute Gasteiger partial charge is 0.778 e. The van der Waals surface area contributed by atoms with Crippen LogP contribution >= 0.6 is 15.2 Å². The molecule has 0 saturated carbocycles. The van der Waals surface area contributed by atoms with Gasteiger partial charge in [0.1, 0.15) is 26.7 Å². The van der Waals surface area contributed by atoms with Crippen molar-refractivity contribution in [3.05, 3.63) is 57.6 Å². The molecule has 11 heteroatoms. The van der Waals surface area contributed by atoms with Crippen molar-refractivity contribution in [1.29, 1.82) is 0 Å². The molecule has 2 N–H and O–H groups in total. The number of phenols is 2. The summed E-state index contributed by atoms with van der Waals surface area (Å²) in [7, 11) is -7.81. The molecule has 2 atom stereocenters. The van der Waals surface area contributed by atoms with E-state index < -0.39 is 15.2 Å². The third kappa shape index (κ3) is 13.5. The van der Waals surface area contributed by atoms with Crippen molar-refractivity contribution in [3.63, 3.8) is 0 Å². The summed E-state index contributed by atoms with van der Waals surface area (Å²) in [6, 6.07) is 7.09. The number of benzene rings is 2. The van der Waals surface area contributed by atoms with Crippen LogP contribution in [-0.2, 0) is 69.2 Å². The molecular formula is C34H56CuO8P2. The molecule has 0 saturated heterocycles. The molecule has 0 aliphatic heterocycles. The van der Waals surface area contributed by atoms with Crippen molar-refractivity contribution in [2.24, 2.45) is 0 Å². The van der Waals surface area contributed by atoms with E-state index in [-0.39, 0.29) is 75.8 Å². The molecule has 0 aliphatic rings. The SMILES string of the molecule is CCOP(=O)([O-])Cc1cc(C(C)(C)C)c(O)c(C(C)(C)C)c1.CCOP(=O)([O-])Cc1cc(C(C)(C)C)c(O)c(C(C)(C)C)c1.[Cu+2]. The van der Waals surface area contributed by atoms with Gasteiger partial charge in [0, 0.05) is 12.3 Å². The number of phenolic OH excluding ortho intramolecular Hbond substituents is 2. The van der Waals surface area contributed by atoms with Gasteiger partial charge in [0.05, 0.1) is 13.2 Å². The normalized spacial score (nSPS) is 15.3.